The molecule has 2 rings (SSSR count). The Balaban J connectivity index is 2.43. The number of aromatic nitrogens is 4. The van der Waals surface area contributed by atoms with Gasteiger partial charge in [0.1, 0.15) is 11.4 Å². The lowest BCUT2D eigenvalue weighted by atomic mass is 10.4. The van der Waals surface area contributed by atoms with Crippen molar-refractivity contribution in [1.82, 2.24) is 20.0 Å². The smallest absolute Gasteiger partial charge is 0.132 e. The van der Waals surface area contributed by atoms with Crippen molar-refractivity contribution >= 4 is 11.3 Å². The normalized spacial score (nSPS) is 10.5. The van der Waals surface area contributed by atoms with Crippen LogP contribution in [0.15, 0.2) is 11.6 Å². The molecular formula is C7H8N4S. The molecule has 0 aliphatic rings. The van der Waals surface area contributed by atoms with Crippen LogP contribution in [-0.2, 0) is 7.05 Å². The van der Waals surface area contributed by atoms with Crippen LogP contribution in [0.1, 0.15) is 5.01 Å². The maximum absolute atomic E-state index is 4.30. The van der Waals surface area contributed by atoms with Crippen LogP contribution in [0.25, 0.3) is 11.4 Å². The number of hydrogen-bond acceptors (Lipinski definition) is 4. The van der Waals surface area contributed by atoms with Crippen molar-refractivity contribution in [3.63, 3.8) is 0 Å². The van der Waals surface area contributed by atoms with Crippen molar-refractivity contribution in [3.8, 4) is 11.4 Å². The van der Waals surface area contributed by atoms with E-state index < -0.39 is 0 Å². The lowest BCUT2D eigenvalue weighted by Gasteiger charge is -1.83. The number of thiazole rings is 1. The summed E-state index contributed by atoms with van der Waals surface area (Å²) < 4.78 is 1.67. The third-order valence-electron chi connectivity index (χ3n) is 1.48. The highest BCUT2D eigenvalue weighted by Gasteiger charge is 2.04. The molecule has 4 nitrogen and oxygen atoms in total. The second-order valence-electron chi connectivity index (χ2n) is 2.53. The maximum atomic E-state index is 4.30. The van der Waals surface area contributed by atoms with Crippen molar-refractivity contribution < 1.29 is 0 Å². The fourth-order valence-electron chi connectivity index (χ4n) is 0.946. The first kappa shape index (κ1) is 7.42. The molecule has 0 fully saturated rings. The zero-order chi connectivity index (χ0) is 8.55. The van der Waals surface area contributed by atoms with Gasteiger partial charge in [0.15, 0.2) is 0 Å². The molecule has 0 aromatic carbocycles. The second kappa shape index (κ2) is 2.67. The molecule has 0 amide bonds. The summed E-state index contributed by atoms with van der Waals surface area (Å²) in [7, 11) is 1.84. The van der Waals surface area contributed by atoms with Crippen molar-refractivity contribution in [1.29, 1.82) is 0 Å². The molecule has 0 unspecified atom stereocenters. The number of nitrogens with zero attached hydrogens (tertiary/aromatic N) is 4. The van der Waals surface area contributed by atoms with Gasteiger partial charge in [-0.25, -0.2) is 4.98 Å². The van der Waals surface area contributed by atoms with Crippen molar-refractivity contribution in [2.45, 2.75) is 6.92 Å². The van der Waals surface area contributed by atoms with E-state index in [9.17, 15) is 0 Å². The summed E-state index contributed by atoms with van der Waals surface area (Å²) in [5.74, 6) is 0. The van der Waals surface area contributed by atoms with Gasteiger partial charge in [0.05, 0.1) is 11.2 Å². The van der Waals surface area contributed by atoms with E-state index in [0.29, 0.717) is 0 Å². The van der Waals surface area contributed by atoms with Crippen LogP contribution >= 0.6 is 11.3 Å². The Morgan fingerprint density at radius 2 is 2.25 bits per heavy atom. The predicted octanol–water partition coefficient (Wildman–Crippen LogP) is 1.25. The van der Waals surface area contributed by atoms with Gasteiger partial charge in [-0.05, 0) is 6.92 Å². The summed E-state index contributed by atoms with van der Waals surface area (Å²) in [6.07, 6.45) is 1.86. The summed E-state index contributed by atoms with van der Waals surface area (Å²) in [5, 5.41) is 10.8. The molecule has 0 aliphatic heterocycles. The Bertz CT molecular complexity index is 351. The maximum Gasteiger partial charge on any atom is 0.132 e. The van der Waals surface area contributed by atoms with Crippen LogP contribution in [0.2, 0.25) is 0 Å². The molecule has 0 radical (unpaired) electrons. The number of aryl methyl sites for hydroxylation is 2. The molecule has 2 heterocycles. The monoisotopic (exact) mass is 180 g/mol. The standard InChI is InChI=1S/C7H8N4S/c1-5-8-7(4-12-5)6-3-11(2)10-9-6/h3-4H,1-2H3. The highest BCUT2D eigenvalue weighted by atomic mass is 32.1. The van der Waals surface area contributed by atoms with Crippen LogP contribution in [0.5, 0.6) is 0 Å². The molecular weight excluding hydrogens is 172 g/mol. The lowest BCUT2D eigenvalue weighted by molar-refractivity contribution is 0.715. The van der Waals surface area contributed by atoms with E-state index in [0.717, 1.165) is 16.4 Å². The van der Waals surface area contributed by atoms with E-state index in [4.69, 9.17) is 0 Å². The van der Waals surface area contributed by atoms with Crippen LogP contribution in [0.4, 0.5) is 0 Å². The van der Waals surface area contributed by atoms with E-state index >= 15 is 0 Å². The minimum Gasteiger partial charge on any atom is -0.255 e. The van der Waals surface area contributed by atoms with Gasteiger partial charge in [0, 0.05) is 12.4 Å². The van der Waals surface area contributed by atoms with E-state index in [2.05, 4.69) is 15.3 Å². The highest BCUT2D eigenvalue weighted by Crippen LogP contribution is 2.17. The van der Waals surface area contributed by atoms with Crippen molar-refractivity contribution in [3.05, 3.63) is 16.6 Å². The zero-order valence-corrected chi connectivity index (χ0v) is 7.67. The molecule has 0 saturated heterocycles. The van der Waals surface area contributed by atoms with Crippen LogP contribution in [0, 0.1) is 6.92 Å². The Morgan fingerprint density at radius 3 is 2.75 bits per heavy atom. The van der Waals surface area contributed by atoms with E-state index in [1.165, 1.54) is 0 Å². The summed E-state index contributed by atoms with van der Waals surface area (Å²) in [6, 6.07) is 0. The zero-order valence-electron chi connectivity index (χ0n) is 6.85. The first-order valence-electron chi connectivity index (χ1n) is 3.54. The van der Waals surface area contributed by atoms with E-state index in [1.807, 2.05) is 25.5 Å². The van der Waals surface area contributed by atoms with Gasteiger partial charge in [-0.15, -0.1) is 16.4 Å². The molecule has 12 heavy (non-hydrogen) atoms. The van der Waals surface area contributed by atoms with Gasteiger partial charge >= 0.3 is 0 Å². The summed E-state index contributed by atoms with van der Waals surface area (Å²) >= 11 is 1.62. The minimum absolute atomic E-state index is 0.835. The molecule has 0 atom stereocenters. The number of hydrogen-bond donors (Lipinski definition) is 0. The van der Waals surface area contributed by atoms with Gasteiger partial charge in [-0.1, -0.05) is 5.21 Å². The fraction of sp³-hybridized carbons (Fsp3) is 0.286. The van der Waals surface area contributed by atoms with Gasteiger partial charge in [-0.3, -0.25) is 4.68 Å². The van der Waals surface area contributed by atoms with Crippen molar-refractivity contribution in [2.75, 3.05) is 0 Å². The molecule has 5 heteroatoms. The Morgan fingerprint density at radius 1 is 1.42 bits per heavy atom. The lowest BCUT2D eigenvalue weighted by Crippen LogP contribution is -1.85. The first-order valence-corrected chi connectivity index (χ1v) is 4.42. The molecule has 0 aliphatic carbocycles. The topological polar surface area (TPSA) is 43.6 Å². The molecule has 0 saturated carbocycles. The third kappa shape index (κ3) is 1.23. The highest BCUT2D eigenvalue weighted by molar-refractivity contribution is 7.09. The SMILES string of the molecule is Cc1nc(-c2cn(C)nn2)cs1. The van der Waals surface area contributed by atoms with Gasteiger partial charge in [0.2, 0.25) is 0 Å². The third-order valence-corrected chi connectivity index (χ3v) is 2.26. The van der Waals surface area contributed by atoms with Gasteiger partial charge in [-0.2, -0.15) is 0 Å². The average molecular weight is 180 g/mol. The number of rotatable bonds is 1. The van der Waals surface area contributed by atoms with E-state index in [-0.39, 0.29) is 0 Å². The van der Waals surface area contributed by atoms with Gasteiger partial charge in [0.25, 0.3) is 0 Å². The molecule has 2 aromatic heterocycles. The summed E-state index contributed by atoms with van der Waals surface area (Å²) in [4.78, 5) is 4.30. The fourth-order valence-corrected chi connectivity index (χ4v) is 1.55. The van der Waals surface area contributed by atoms with Crippen LogP contribution in [-0.4, -0.2) is 20.0 Å². The minimum atomic E-state index is 0.835. The van der Waals surface area contributed by atoms with Gasteiger partial charge < -0.3 is 0 Å². The second-order valence-corrected chi connectivity index (χ2v) is 3.59. The molecule has 62 valence electrons. The molecule has 0 bridgehead atoms. The largest absolute Gasteiger partial charge is 0.255 e. The van der Waals surface area contributed by atoms with E-state index in [1.54, 1.807) is 16.0 Å². The predicted molar refractivity (Wildman–Crippen MR) is 46.8 cm³/mol. The molecule has 2 aromatic rings. The quantitative estimate of drug-likeness (QED) is 0.663. The Kier molecular flexibility index (Phi) is 1.65. The summed E-state index contributed by atoms with van der Waals surface area (Å²) in [5.41, 5.74) is 1.74. The average Bonchev–Trinajstić information content (AvgIpc) is 2.58. The van der Waals surface area contributed by atoms with Crippen LogP contribution < -0.4 is 0 Å². The molecule has 0 N–H and O–H groups in total. The van der Waals surface area contributed by atoms with Crippen LogP contribution in [0.3, 0.4) is 0 Å². The molecule has 0 spiro atoms. The first-order chi connectivity index (χ1) is 5.75. The Labute approximate surface area is 73.9 Å². The Hall–Kier alpha value is -1.23. The van der Waals surface area contributed by atoms with Crippen molar-refractivity contribution in [2.24, 2.45) is 7.05 Å². The summed E-state index contributed by atoms with van der Waals surface area (Å²) in [6.45, 7) is 1.98.